The van der Waals surface area contributed by atoms with Crippen LogP contribution in [-0.4, -0.2) is 21.7 Å². The first-order valence-electron chi connectivity index (χ1n) is 8.79. The maximum atomic E-state index is 12.4. The SMILES string of the molecule is Cc1cc(/C=N\NC(=O)c2c[nH]c3ccccc23)c(C)n1-c1ccccc1. The Hall–Kier alpha value is -3.60. The number of amides is 1. The minimum atomic E-state index is -0.236. The number of aryl methyl sites for hydroxylation is 1. The Morgan fingerprint density at radius 1 is 1.07 bits per heavy atom. The van der Waals surface area contributed by atoms with Crippen molar-refractivity contribution in [2.24, 2.45) is 5.10 Å². The van der Waals surface area contributed by atoms with Gasteiger partial charge < -0.3 is 9.55 Å². The molecule has 2 aromatic carbocycles. The standard InChI is InChI=1S/C22H20N4O/c1-15-12-17(16(2)26(15)18-8-4-3-5-9-18)13-24-25-22(27)20-14-23-21-11-7-6-10-19(20)21/h3-14,23H,1-2H3,(H,25,27)/b24-13-. The minimum Gasteiger partial charge on any atom is -0.360 e. The van der Waals surface area contributed by atoms with Gasteiger partial charge in [-0.15, -0.1) is 0 Å². The lowest BCUT2D eigenvalue weighted by atomic mass is 10.2. The van der Waals surface area contributed by atoms with Gasteiger partial charge in [-0.2, -0.15) is 5.10 Å². The average molecular weight is 356 g/mol. The molecule has 0 unspecified atom stereocenters. The maximum Gasteiger partial charge on any atom is 0.273 e. The molecule has 134 valence electrons. The fourth-order valence-corrected chi connectivity index (χ4v) is 3.37. The molecule has 0 bridgehead atoms. The van der Waals surface area contributed by atoms with E-state index in [2.05, 4.69) is 45.2 Å². The first kappa shape index (κ1) is 16.8. The zero-order valence-corrected chi connectivity index (χ0v) is 15.2. The summed E-state index contributed by atoms with van der Waals surface area (Å²) < 4.78 is 2.17. The van der Waals surface area contributed by atoms with Crippen molar-refractivity contribution in [1.82, 2.24) is 15.0 Å². The molecule has 0 aliphatic carbocycles. The molecule has 0 saturated heterocycles. The molecule has 0 atom stereocenters. The summed E-state index contributed by atoms with van der Waals surface area (Å²) in [6, 6.07) is 19.9. The highest BCUT2D eigenvalue weighted by Gasteiger charge is 2.11. The number of aromatic nitrogens is 2. The van der Waals surface area contributed by atoms with Crippen LogP contribution in [-0.2, 0) is 0 Å². The molecule has 0 radical (unpaired) electrons. The highest BCUT2D eigenvalue weighted by atomic mass is 16.2. The first-order valence-corrected chi connectivity index (χ1v) is 8.79. The molecule has 0 spiro atoms. The third-order valence-electron chi connectivity index (χ3n) is 4.69. The Bertz CT molecular complexity index is 1140. The number of carbonyl (C=O) groups is 1. The van der Waals surface area contributed by atoms with Gasteiger partial charge in [0.2, 0.25) is 0 Å². The van der Waals surface area contributed by atoms with Crippen LogP contribution in [0.4, 0.5) is 0 Å². The predicted molar refractivity (Wildman–Crippen MR) is 109 cm³/mol. The second kappa shape index (κ2) is 6.96. The number of aromatic amines is 1. The number of para-hydroxylation sites is 2. The Labute approximate surface area is 157 Å². The molecule has 2 aromatic heterocycles. The second-order valence-corrected chi connectivity index (χ2v) is 6.44. The molecular weight excluding hydrogens is 336 g/mol. The number of hydrogen-bond acceptors (Lipinski definition) is 2. The van der Waals surface area contributed by atoms with Crippen LogP contribution in [0.2, 0.25) is 0 Å². The number of carbonyl (C=O) groups excluding carboxylic acids is 1. The molecule has 2 heterocycles. The van der Waals surface area contributed by atoms with Gasteiger partial charge in [-0.1, -0.05) is 36.4 Å². The minimum absolute atomic E-state index is 0.236. The fourth-order valence-electron chi connectivity index (χ4n) is 3.37. The number of nitrogens with one attached hydrogen (secondary N) is 2. The van der Waals surface area contributed by atoms with Gasteiger partial charge in [-0.3, -0.25) is 4.79 Å². The molecule has 27 heavy (non-hydrogen) atoms. The molecule has 0 aliphatic heterocycles. The summed E-state index contributed by atoms with van der Waals surface area (Å²) in [7, 11) is 0. The monoisotopic (exact) mass is 356 g/mol. The number of rotatable bonds is 4. The molecule has 2 N–H and O–H groups in total. The molecule has 4 aromatic rings. The van der Waals surface area contributed by atoms with Gasteiger partial charge in [0.15, 0.2) is 0 Å². The fraction of sp³-hybridized carbons (Fsp3) is 0.0909. The zero-order valence-electron chi connectivity index (χ0n) is 15.2. The largest absolute Gasteiger partial charge is 0.360 e. The van der Waals surface area contributed by atoms with Gasteiger partial charge in [0.25, 0.3) is 5.91 Å². The number of benzene rings is 2. The molecular formula is C22H20N4O. The van der Waals surface area contributed by atoms with Crippen molar-refractivity contribution in [2.75, 3.05) is 0 Å². The Balaban J connectivity index is 1.55. The predicted octanol–water partition coefficient (Wildman–Crippen LogP) is 4.34. The molecule has 1 amide bonds. The maximum absolute atomic E-state index is 12.4. The molecule has 5 heteroatoms. The van der Waals surface area contributed by atoms with Gasteiger partial charge in [-0.25, -0.2) is 5.43 Å². The third-order valence-corrected chi connectivity index (χ3v) is 4.69. The second-order valence-electron chi connectivity index (χ2n) is 6.44. The van der Waals surface area contributed by atoms with E-state index in [4.69, 9.17) is 0 Å². The molecule has 0 aliphatic rings. The van der Waals surface area contributed by atoms with Gasteiger partial charge in [0.05, 0.1) is 11.8 Å². The van der Waals surface area contributed by atoms with E-state index < -0.39 is 0 Å². The van der Waals surface area contributed by atoms with E-state index in [1.807, 2.05) is 49.4 Å². The molecule has 0 fully saturated rings. The van der Waals surface area contributed by atoms with E-state index in [-0.39, 0.29) is 5.91 Å². The summed E-state index contributed by atoms with van der Waals surface area (Å²) in [5.74, 6) is -0.236. The quantitative estimate of drug-likeness (QED) is 0.415. The summed E-state index contributed by atoms with van der Waals surface area (Å²) in [6.07, 6.45) is 3.39. The molecule has 0 saturated carbocycles. The smallest absolute Gasteiger partial charge is 0.273 e. The van der Waals surface area contributed by atoms with Crippen molar-refractivity contribution in [3.05, 3.63) is 89.4 Å². The number of fused-ring (bicyclic) bond motifs is 1. The van der Waals surface area contributed by atoms with Crippen LogP contribution >= 0.6 is 0 Å². The molecule has 4 rings (SSSR count). The van der Waals surface area contributed by atoms with Gasteiger partial charge in [-0.05, 0) is 38.1 Å². The van der Waals surface area contributed by atoms with E-state index in [1.54, 1.807) is 12.4 Å². The van der Waals surface area contributed by atoms with Crippen molar-refractivity contribution in [3.8, 4) is 5.69 Å². The van der Waals surface area contributed by atoms with Crippen LogP contribution in [0.5, 0.6) is 0 Å². The van der Waals surface area contributed by atoms with Crippen molar-refractivity contribution < 1.29 is 4.79 Å². The number of hydrogen-bond donors (Lipinski definition) is 2. The Morgan fingerprint density at radius 2 is 1.81 bits per heavy atom. The van der Waals surface area contributed by atoms with Crippen LogP contribution in [0.15, 0.2) is 72.0 Å². The van der Waals surface area contributed by atoms with Crippen LogP contribution in [0.25, 0.3) is 16.6 Å². The van der Waals surface area contributed by atoms with Crippen LogP contribution in [0, 0.1) is 13.8 Å². The lowest BCUT2D eigenvalue weighted by Gasteiger charge is -2.08. The lowest BCUT2D eigenvalue weighted by Crippen LogP contribution is -2.17. The van der Waals surface area contributed by atoms with Gasteiger partial charge in [0, 0.05) is 39.7 Å². The van der Waals surface area contributed by atoms with E-state index in [9.17, 15) is 4.79 Å². The summed E-state index contributed by atoms with van der Waals surface area (Å²) in [6.45, 7) is 4.10. The zero-order chi connectivity index (χ0) is 18.8. The first-order chi connectivity index (χ1) is 13.1. The summed E-state index contributed by atoms with van der Waals surface area (Å²) >= 11 is 0. The van der Waals surface area contributed by atoms with Crippen LogP contribution in [0.1, 0.15) is 27.3 Å². The third kappa shape index (κ3) is 3.15. The van der Waals surface area contributed by atoms with Crippen LogP contribution in [0.3, 0.4) is 0 Å². The van der Waals surface area contributed by atoms with E-state index in [0.29, 0.717) is 5.56 Å². The van der Waals surface area contributed by atoms with E-state index in [0.717, 1.165) is 33.5 Å². The average Bonchev–Trinajstić information content (AvgIpc) is 3.23. The summed E-state index contributed by atoms with van der Waals surface area (Å²) in [4.78, 5) is 15.5. The van der Waals surface area contributed by atoms with E-state index >= 15 is 0 Å². The normalized spacial score (nSPS) is 11.3. The van der Waals surface area contributed by atoms with Crippen molar-refractivity contribution in [3.63, 3.8) is 0 Å². The van der Waals surface area contributed by atoms with Crippen LogP contribution < -0.4 is 5.43 Å². The van der Waals surface area contributed by atoms with Crippen molar-refractivity contribution in [2.45, 2.75) is 13.8 Å². The highest BCUT2D eigenvalue weighted by Crippen LogP contribution is 2.20. The summed E-state index contributed by atoms with van der Waals surface area (Å²) in [5.41, 5.74) is 8.39. The van der Waals surface area contributed by atoms with Crippen molar-refractivity contribution >= 4 is 23.0 Å². The van der Waals surface area contributed by atoms with E-state index in [1.165, 1.54) is 0 Å². The topological polar surface area (TPSA) is 62.2 Å². The lowest BCUT2D eigenvalue weighted by molar-refractivity contribution is 0.0957. The molecule has 5 nitrogen and oxygen atoms in total. The van der Waals surface area contributed by atoms with Gasteiger partial charge >= 0.3 is 0 Å². The number of hydrazone groups is 1. The Kier molecular flexibility index (Phi) is 4.34. The number of nitrogens with zero attached hydrogens (tertiary/aromatic N) is 2. The Morgan fingerprint density at radius 3 is 2.63 bits per heavy atom. The summed E-state index contributed by atoms with van der Waals surface area (Å²) in [5, 5.41) is 5.04. The number of H-pyrrole nitrogens is 1. The highest BCUT2D eigenvalue weighted by molar-refractivity contribution is 6.06. The van der Waals surface area contributed by atoms with Gasteiger partial charge in [0.1, 0.15) is 0 Å². The van der Waals surface area contributed by atoms with Crippen molar-refractivity contribution in [1.29, 1.82) is 0 Å².